The van der Waals surface area contributed by atoms with E-state index in [2.05, 4.69) is 24.2 Å². The molecule has 0 saturated carbocycles. The summed E-state index contributed by atoms with van der Waals surface area (Å²) in [4.78, 5) is 3.27. The van der Waals surface area contributed by atoms with Gasteiger partial charge in [0.25, 0.3) is 0 Å². The third-order valence-corrected chi connectivity index (χ3v) is 3.12. The van der Waals surface area contributed by atoms with Crippen LogP contribution in [0.15, 0.2) is 24.4 Å². The van der Waals surface area contributed by atoms with Crippen molar-refractivity contribution in [1.29, 1.82) is 0 Å². The highest BCUT2D eigenvalue weighted by atomic mass is 16.5. The second-order valence-electron chi connectivity index (χ2n) is 4.48. The first kappa shape index (κ1) is 12.0. The topological polar surface area (TPSA) is 51.0 Å². The Hall–Kier alpha value is -1.48. The van der Waals surface area contributed by atoms with E-state index in [-0.39, 0.29) is 6.04 Å². The molecular formula is C14H20N2O. The molecule has 0 amide bonds. The van der Waals surface area contributed by atoms with Crippen LogP contribution < -0.4 is 10.5 Å². The number of nitrogens with two attached hydrogens (primary N) is 1. The molecule has 92 valence electrons. The van der Waals surface area contributed by atoms with Gasteiger partial charge in [-0.2, -0.15) is 0 Å². The number of H-pyrrole nitrogens is 1. The number of nitrogens with one attached hydrogen (secondary N) is 1. The summed E-state index contributed by atoms with van der Waals surface area (Å²) >= 11 is 0. The van der Waals surface area contributed by atoms with E-state index in [4.69, 9.17) is 10.5 Å². The van der Waals surface area contributed by atoms with Crippen LogP contribution in [0.2, 0.25) is 0 Å². The number of ether oxygens (including phenoxy) is 1. The predicted octanol–water partition coefficient (Wildman–Crippen LogP) is 2.85. The van der Waals surface area contributed by atoms with E-state index in [0.717, 1.165) is 30.5 Å². The van der Waals surface area contributed by atoms with Crippen LogP contribution in [0.3, 0.4) is 0 Å². The van der Waals surface area contributed by atoms with E-state index in [1.807, 2.05) is 12.1 Å². The normalized spacial score (nSPS) is 12.9. The third-order valence-electron chi connectivity index (χ3n) is 3.12. The number of fused-ring (bicyclic) bond motifs is 1. The average Bonchev–Trinajstić information content (AvgIpc) is 2.72. The Kier molecular flexibility index (Phi) is 3.69. The molecule has 3 N–H and O–H groups in total. The van der Waals surface area contributed by atoms with Gasteiger partial charge in [-0.15, -0.1) is 0 Å². The maximum atomic E-state index is 6.08. The van der Waals surface area contributed by atoms with Gasteiger partial charge in [0.1, 0.15) is 5.75 Å². The molecule has 1 heterocycles. The Labute approximate surface area is 102 Å². The molecule has 0 bridgehead atoms. The zero-order valence-corrected chi connectivity index (χ0v) is 10.5. The summed E-state index contributed by atoms with van der Waals surface area (Å²) in [5.41, 5.74) is 8.49. The molecule has 0 saturated heterocycles. The van der Waals surface area contributed by atoms with Crippen LogP contribution in [0.4, 0.5) is 0 Å². The van der Waals surface area contributed by atoms with E-state index in [9.17, 15) is 0 Å². The SMILES string of the molecule is CCCC(N)Cc1c[nH]c2cc(OC)ccc12. The maximum absolute atomic E-state index is 6.08. The predicted molar refractivity (Wildman–Crippen MR) is 71.4 cm³/mol. The van der Waals surface area contributed by atoms with Crippen molar-refractivity contribution in [3.8, 4) is 5.75 Å². The fourth-order valence-electron chi connectivity index (χ4n) is 2.22. The molecule has 0 fully saturated rings. The number of aromatic nitrogens is 1. The summed E-state index contributed by atoms with van der Waals surface area (Å²) < 4.78 is 5.21. The lowest BCUT2D eigenvalue weighted by molar-refractivity contribution is 0.415. The molecule has 1 unspecified atom stereocenters. The van der Waals surface area contributed by atoms with Crippen LogP contribution in [0.25, 0.3) is 10.9 Å². The molecular weight excluding hydrogens is 212 g/mol. The molecule has 0 radical (unpaired) electrons. The fourth-order valence-corrected chi connectivity index (χ4v) is 2.22. The van der Waals surface area contributed by atoms with E-state index < -0.39 is 0 Å². The van der Waals surface area contributed by atoms with Crippen LogP contribution in [0, 0.1) is 0 Å². The molecule has 1 atom stereocenters. The van der Waals surface area contributed by atoms with E-state index >= 15 is 0 Å². The highest BCUT2D eigenvalue weighted by Crippen LogP contribution is 2.24. The van der Waals surface area contributed by atoms with E-state index in [1.54, 1.807) is 7.11 Å². The molecule has 1 aromatic carbocycles. The molecule has 3 heteroatoms. The molecule has 0 aliphatic carbocycles. The Morgan fingerprint density at radius 2 is 2.24 bits per heavy atom. The van der Waals surface area contributed by atoms with Crippen molar-refractivity contribution in [2.75, 3.05) is 7.11 Å². The smallest absolute Gasteiger partial charge is 0.120 e. The van der Waals surface area contributed by atoms with E-state index in [1.165, 1.54) is 10.9 Å². The van der Waals surface area contributed by atoms with Gasteiger partial charge < -0.3 is 15.5 Å². The number of rotatable bonds is 5. The second kappa shape index (κ2) is 5.23. The second-order valence-corrected chi connectivity index (χ2v) is 4.48. The minimum Gasteiger partial charge on any atom is -0.497 e. The van der Waals surface area contributed by atoms with Crippen molar-refractivity contribution in [3.05, 3.63) is 30.0 Å². The lowest BCUT2D eigenvalue weighted by Gasteiger charge is -2.09. The first-order chi connectivity index (χ1) is 8.24. The molecule has 17 heavy (non-hydrogen) atoms. The van der Waals surface area contributed by atoms with Gasteiger partial charge in [-0.25, -0.2) is 0 Å². The Morgan fingerprint density at radius 3 is 2.94 bits per heavy atom. The lowest BCUT2D eigenvalue weighted by atomic mass is 10.0. The number of hydrogen-bond donors (Lipinski definition) is 2. The molecule has 3 nitrogen and oxygen atoms in total. The quantitative estimate of drug-likeness (QED) is 0.832. The largest absolute Gasteiger partial charge is 0.497 e. The first-order valence-electron chi connectivity index (χ1n) is 6.14. The van der Waals surface area contributed by atoms with Gasteiger partial charge in [-0.1, -0.05) is 13.3 Å². The van der Waals surface area contributed by atoms with E-state index in [0.29, 0.717) is 0 Å². The summed E-state index contributed by atoms with van der Waals surface area (Å²) in [6.07, 6.45) is 5.19. The first-order valence-corrected chi connectivity index (χ1v) is 6.14. The van der Waals surface area contributed by atoms with Crippen molar-refractivity contribution in [2.24, 2.45) is 5.73 Å². The molecule has 0 spiro atoms. The molecule has 2 aromatic rings. The zero-order valence-electron chi connectivity index (χ0n) is 10.5. The monoisotopic (exact) mass is 232 g/mol. The summed E-state index contributed by atoms with van der Waals surface area (Å²) in [5.74, 6) is 0.878. The zero-order chi connectivity index (χ0) is 12.3. The van der Waals surface area contributed by atoms with Gasteiger partial charge in [0.15, 0.2) is 0 Å². The number of aromatic amines is 1. The number of hydrogen-bond acceptors (Lipinski definition) is 2. The van der Waals surface area contributed by atoms with Gasteiger partial charge in [0.05, 0.1) is 7.11 Å². The molecule has 1 aromatic heterocycles. The van der Waals surface area contributed by atoms with Crippen molar-refractivity contribution in [3.63, 3.8) is 0 Å². The van der Waals surface area contributed by atoms with Gasteiger partial charge in [-0.3, -0.25) is 0 Å². The summed E-state index contributed by atoms with van der Waals surface area (Å²) in [6.45, 7) is 2.17. The maximum Gasteiger partial charge on any atom is 0.120 e. The highest BCUT2D eigenvalue weighted by molar-refractivity contribution is 5.84. The summed E-state index contributed by atoms with van der Waals surface area (Å²) in [5, 5.41) is 1.25. The van der Waals surface area contributed by atoms with Crippen LogP contribution in [0.1, 0.15) is 25.3 Å². The Balaban J connectivity index is 2.24. The van der Waals surface area contributed by atoms with Crippen molar-refractivity contribution in [1.82, 2.24) is 4.98 Å². The van der Waals surface area contributed by atoms with Gasteiger partial charge in [-0.05, 0) is 30.5 Å². The number of benzene rings is 1. The standard InChI is InChI=1S/C14H20N2O/c1-3-4-11(15)7-10-9-16-14-8-12(17-2)5-6-13(10)14/h5-6,8-9,11,16H,3-4,7,15H2,1-2H3. The van der Waals surface area contributed by atoms with Crippen molar-refractivity contribution >= 4 is 10.9 Å². The van der Waals surface area contributed by atoms with Gasteiger partial charge in [0.2, 0.25) is 0 Å². The lowest BCUT2D eigenvalue weighted by Crippen LogP contribution is -2.22. The van der Waals surface area contributed by atoms with Crippen LogP contribution in [0.5, 0.6) is 5.75 Å². The van der Waals surface area contributed by atoms with Crippen LogP contribution in [-0.4, -0.2) is 18.1 Å². The van der Waals surface area contributed by atoms with Gasteiger partial charge >= 0.3 is 0 Å². The van der Waals surface area contributed by atoms with Crippen molar-refractivity contribution < 1.29 is 4.74 Å². The fraction of sp³-hybridized carbons (Fsp3) is 0.429. The minimum atomic E-state index is 0.251. The minimum absolute atomic E-state index is 0.251. The van der Waals surface area contributed by atoms with Crippen LogP contribution in [-0.2, 0) is 6.42 Å². The summed E-state index contributed by atoms with van der Waals surface area (Å²) in [6, 6.07) is 6.36. The van der Waals surface area contributed by atoms with Gasteiger partial charge in [0, 0.05) is 29.2 Å². The van der Waals surface area contributed by atoms with Crippen molar-refractivity contribution in [2.45, 2.75) is 32.2 Å². The Morgan fingerprint density at radius 1 is 1.41 bits per heavy atom. The average molecular weight is 232 g/mol. The number of methoxy groups -OCH3 is 1. The molecule has 2 rings (SSSR count). The highest BCUT2D eigenvalue weighted by Gasteiger charge is 2.08. The Bertz CT molecular complexity index is 490. The van der Waals surface area contributed by atoms with Crippen LogP contribution >= 0.6 is 0 Å². The molecule has 0 aliphatic rings. The molecule has 0 aliphatic heterocycles. The third kappa shape index (κ3) is 2.61. The summed E-state index contributed by atoms with van der Waals surface area (Å²) in [7, 11) is 1.68.